The van der Waals surface area contributed by atoms with Crippen molar-refractivity contribution in [2.75, 3.05) is 4.72 Å². The first kappa shape index (κ1) is 18.5. The average Bonchev–Trinajstić information content (AvgIpc) is 3.07. The number of anilines is 1. The smallest absolute Gasteiger partial charge is 0.236 e. The van der Waals surface area contributed by atoms with Gasteiger partial charge in [-0.25, -0.2) is 18.4 Å². The molecule has 0 fully saturated rings. The molecule has 1 N–H and O–H groups in total. The Balaban J connectivity index is 1.63. The van der Waals surface area contributed by atoms with Crippen LogP contribution in [0.4, 0.5) is 5.69 Å². The zero-order valence-electron chi connectivity index (χ0n) is 15.0. The van der Waals surface area contributed by atoms with Crippen LogP contribution in [0.3, 0.4) is 0 Å². The lowest BCUT2D eigenvalue weighted by Gasteiger charge is -2.12. The summed E-state index contributed by atoms with van der Waals surface area (Å²) in [5.41, 5.74) is 3.48. The summed E-state index contributed by atoms with van der Waals surface area (Å²) in [7, 11) is -3.60. The average molecular weight is 413 g/mol. The second-order valence-electron chi connectivity index (χ2n) is 6.47. The molecule has 4 aromatic rings. The normalized spacial score (nSPS) is 11.6. The molecule has 0 aliphatic heterocycles. The first-order valence-corrected chi connectivity index (χ1v) is 10.6. The number of hydrogen-bond acceptors (Lipinski definition) is 4. The second-order valence-corrected chi connectivity index (χ2v) is 8.63. The monoisotopic (exact) mass is 412 g/mol. The number of nitrogens with zero attached hydrogens (tertiary/aromatic N) is 3. The van der Waals surface area contributed by atoms with Crippen molar-refractivity contribution in [1.29, 1.82) is 0 Å². The number of halogens is 1. The lowest BCUT2D eigenvalue weighted by molar-refractivity contribution is 0.600. The minimum Gasteiger partial charge on any atom is -0.291 e. The highest BCUT2D eigenvalue weighted by Crippen LogP contribution is 2.26. The molecule has 6 nitrogen and oxygen atoms in total. The van der Waals surface area contributed by atoms with Crippen LogP contribution < -0.4 is 4.72 Å². The van der Waals surface area contributed by atoms with Gasteiger partial charge in [0.05, 0.1) is 17.1 Å². The van der Waals surface area contributed by atoms with Gasteiger partial charge in [0.1, 0.15) is 0 Å². The Labute approximate surface area is 167 Å². The minimum atomic E-state index is -3.60. The summed E-state index contributed by atoms with van der Waals surface area (Å²) in [5.74, 6) is 0.427. The number of nitrogens with one attached hydrogen (secondary N) is 1. The van der Waals surface area contributed by atoms with Gasteiger partial charge in [-0.2, -0.15) is 0 Å². The molecule has 4 rings (SSSR count). The molecule has 0 unspecified atom stereocenters. The summed E-state index contributed by atoms with van der Waals surface area (Å²) in [6, 6.07) is 14.2. The highest BCUT2D eigenvalue weighted by atomic mass is 35.5. The van der Waals surface area contributed by atoms with Crippen molar-refractivity contribution in [3.8, 4) is 11.3 Å². The molecule has 0 amide bonds. The van der Waals surface area contributed by atoms with E-state index >= 15 is 0 Å². The molecule has 2 aromatic heterocycles. The third-order valence-corrected chi connectivity index (χ3v) is 5.76. The number of aryl methyl sites for hydroxylation is 1. The van der Waals surface area contributed by atoms with Crippen molar-refractivity contribution in [3.63, 3.8) is 0 Å². The van der Waals surface area contributed by atoms with Crippen LogP contribution in [-0.4, -0.2) is 22.8 Å². The van der Waals surface area contributed by atoms with Crippen molar-refractivity contribution in [1.82, 2.24) is 14.4 Å². The Kier molecular flexibility index (Phi) is 4.78. The summed E-state index contributed by atoms with van der Waals surface area (Å²) in [6.07, 6.45) is 5.40. The third-order valence-electron chi connectivity index (χ3n) is 4.28. The van der Waals surface area contributed by atoms with E-state index in [4.69, 9.17) is 11.6 Å². The number of imidazole rings is 1. The van der Waals surface area contributed by atoms with Crippen LogP contribution in [0.25, 0.3) is 17.0 Å². The van der Waals surface area contributed by atoms with Gasteiger partial charge >= 0.3 is 0 Å². The van der Waals surface area contributed by atoms with Crippen LogP contribution in [0.15, 0.2) is 67.1 Å². The zero-order chi connectivity index (χ0) is 19.7. The van der Waals surface area contributed by atoms with E-state index in [0.29, 0.717) is 27.7 Å². The fraction of sp³-hybridized carbons (Fsp3) is 0.100. The maximum atomic E-state index is 12.6. The van der Waals surface area contributed by atoms with Gasteiger partial charge in [0.15, 0.2) is 0 Å². The van der Waals surface area contributed by atoms with Gasteiger partial charge in [-0.1, -0.05) is 35.9 Å². The van der Waals surface area contributed by atoms with E-state index in [1.165, 1.54) is 0 Å². The second kappa shape index (κ2) is 7.26. The van der Waals surface area contributed by atoms with E-state index in [-0.39, 0.29) is 5.75 Å². The summed E-state index contributed by atoms with van der Waals surface area (Å²) in [5, 5.41) is 0.506. The molecule has 0 aliphatic carbocycles. The van der Waals surface area contributed by atoms with Gasteiger partial charge in [0, 0.05) is 29.2 Å². The van der Waals surface area contributed by atoms with Crippen LogP contribution >= 0.6 is 11.6 Å². The predicted molar refractivity (Wildman–Crippen MR) is 111 cm³/mol. The Morgan fingerprint density at radius 3 is 2.79 bits per heavy atom. The van der Waals surface area contributed by atoms with Crippen molar-refractivity contribution < 1.29 is 8.42 Å². The van der Waals surface area contributed by atoms with E-state index in [9.17, 15) is 8.42 Å². The highest BCUT2D eigenvalue weighted by Gasteiger charge is 2.15. The maximum absolute atomic E-state index is 12.6. The summed E-state index contributed by atoms with van der Waals surface area (Å²) < 4.78 is 29.8. The largest absolute Gasteiger partial charge is 0.291 e. The van der Waals surface area contributed by atoms with E-state index in [1.807, 2.05) is 41.9 Å². The molecule has 0 radical (unpaired) electrons. The number of sulfonamides is 1. The standard InChI is InChI=1S/C20H17ClN4O2S/c1-14-6-7-16(19-12-25-9-3-8-22-20(25)23-19)11-18(14)24-28(26,27)13-15-4-2-5-17(21)10-15/h2-12,24H,13H2,1H3. The predicted octanol–water partition coefficient (Wildman–Crippen LogP) is 4.30. The molecular formula is C20H17ClN4O2S. The molecule has 8 heteroatoms. The van der Waals surface area contributed by atoms with Gasteiger partial charge < -0.3 is 0 Å². The molecule has 0 spiro atoms. The first-order valence-electron chi connectivity index (χ1n) is 8.55. The Hall–Kier alpha value is -2.90. The fourth-order valence-corrected chi connectivity index (χ4v) is 4.37. The molecule has 2 heterocycles. The molecule has 0 bridgehead atoms. The van der Waals surface area contributed by atoms with Crippen molar-refractivity contribution in [2.24, 2.45) is 0 Å². The topological polar surface area (TPSA) is 76.4 Å². The molecule has 142 valence electrons. The first-order chi connectivity index (χ1) is 13.4. The maximum Gasteiger partial charge on any atom is 0.236 e. The molecular weight excluding hydrogens is 396 g/mol. The van der Waals surface area contributed by atoms with Gasteiger partial charge in [-0.15, -0.1) is 0 Å². The Morgan fingerprint density at radius 2 is 2.00 bits per heavy atom. The van der Waals surface area contributed by atoms with Crippen molar-refractivity contribution >= 4 is 33.1 Å². The lowest BCUT2D eigenvalue weighted by Crippen LogP contribution is -2.15. The highest BCUT2D eigenvalue weighted by molar-refractivity contribution is 7.91. The van der Waals surface area contributed by atoms with E-state index in [1.54, 1.807) is 36.5 Å². The number of aromatic nitrogens is 3. The zero-order valence-corrected chi connectivity index (χ0v) is 16.6. The van der Waals surface area contributed by atoms with Crippen LogP contribution in [0.1, 0.15) is 11.1 Å². The van der Waals surface area contributed by atoms with Gasteiger partial charge in [0.25, 0.3) is 0 Å². The molecule has 0 aliphatic rings. The molecule has 0 atom stereocenters. The van der Waals surface area contributed by atoms with Crippen LogP contribution in [-0.2, 0) is 15.8 Å². The van der Waals surface area contributed by atoms with Crippen LogP contribution in [0.5, 0.6) is 0 Å². The number of hydrogen-bond donors (Lipinski definition) is 1. The van der Waals surface area contributed by atoms with Gasteiger partial charge in [0.2, 0.25) is 15.8 Å². The van der Waals surface area contributed by atoms with Crippen LogP contribution in [0.2, 0.25) is 5.02 Å². The summed E-state index contributed by atoms with van der Waals surface area (Å²) in [6.45, 7) is 1.85. The SMILES string of the molecule is Cc1ccc(-c2cn3cccnc3n2)cc1NS(=O)(=O)Cc1cccc(Cl)c1. The number of rotatable bonds is 5. The fourth-order valence-electron chi connectivity index (χ4n) is 2.91. The van der Waals surface area contributed by atoms with Crippen LogP contribution in [0, 0.1) is 6.92 Å². The van der Waals surface area contributed by atoms with E-state index < -0.39 is 10.0 Å². The van der Waals surface area contributed by atoms with Crippen molar-refractivity contribution in [2.45, 2.75) is 12.7 Å². The molecule has 0 saturated carbocycles. The van der Waals surface area contributed by atoms with E-state index in [0.717, 1.165) is 11.1 Å². The van der Waals surface area contributed by atoms with Gasteiger partial charge in [-0.3, -0.25) is 9.12 Å². The molecule has 28 heavy (non-hydrogen) atoms. The third kappa shape index (κ3) is 4.00. The van der Waals surface area contributed by atoms with Crippen molar-refractivity contribution in [3.05, 3.63) is 83.3 Å². The molecule has 0 saturated heterocycles. The van der Waals surface area contributed by atoms with Gasteiger partial charge in [-0.05, 0) is 42.3 Å². The summed E-state index contributed by atoms with van der Waals surface area (Å²) >= 11 is 5.95. The molecule has 2 aromatic carbocycles. The number of benzene rings is 2. The quantitative estimate of drug-likeness (QED) is 0.530. The minimum absolute atomic E-state index is 0.157. The summed E-state index contributed by atoms with van der Waals surface area (Å²) in [4.78, 5) is 8.70. The lowest BCUT2D eigenvalue weighted by atomic mass is 10.1. The number of fused-ring (bicyclic) bond motifs is 1. The Morgan fingerprint density at radius 1 is 1.14 bits per heavy atom. The van der Waals surface area contributed by atoms with E-state index in [2.05, 4.69) is 14.7 Å². The Bertz CT molecular complexity index is 1240.